The Labute approximate surface area is 218 Å². The van der Waals surface area contributed by atoms with Gasteiger partial charge in [-0.15, -0.1) is 0 Å². The van der Waals surface area contributed by atoms with E-state index in [0.29, 0.717) is 34.0 Å². The normalized spacial score (nSPS) is 11.4. The Hall–Kier alpha value is -4.35. The third-order valence-electron chi connectivity index (χ3n) is 6.73. The van der Waals surface area contributed by atoms with E-state index in [1.54, 1.807) is 36.4 Å². The molecular weight excluding hydrogens is 484 g/mol. The van der Waals surface area contributed by atoms with Gasteiger partial charge >= 0.3 is 0 Å². The van der Waals surface area contributed by atoms with Gasteiger partial charge in [-0.25, -0.2) is 4.98 Å². The van der Waals surface area contributed by atoms with Gasteiger partial charge in [0.15, 0.2) is 5.76 Å². The summed E-state index contributed by atoms with van der Waals surface area (Å²) in [5, 5.41) is 12.0. The van der Waals surface area contributed by atoms with Crippen LogP contribution < -0.4 is 0 Å². The van der Waals surface area contributed by atoms with Crippen LogP contribution in [-0.2, 0) is 6.42 Å². The van der Waals surface area contributed by atoms with Crippen LogP contribution in [-0.4, -0.2) is 20.9 Å². The zero-order valence-corrected chi connectivity index (χ0v) is 21.1. The lowest BCUT2D eigenvalue weighted by atomic mass is 10.0. The van der Waals surface area contributed by atoms with E-state index in [2.05, 4.69) is 31.0 Å². The highest BCUT2D eigenvalue weighted by Gasteiger charge is 2.16. The number of nitrogens with zero attached hydrogens (tertiary/aromatic N) is 1. The number of phenolic OH excluding ortho intramolecular Hbond substituents is 1. The number of imidazole rings is 1. The second kappa shape index (κ2) is 8.95. The van der Waals surface area contributed by atoms with Crippen LogP contribution in [0.2, 0.25) is 5.02 Å². The molecule has 4 aromatic carbocycles. The Morgan fingerprint density at radius 3 is 2.46 bits per heavy atom. The van der Waals surface area contributed by atoms with E-state index < -0.39 is 0 Å². The molecule has 182 valence electrons. The van der Waals surface area contributed by atoms with Crippen LogP contribution in [0.5, 0.6) is 5.75 Å². The summed E-state index contributed by atoms with van der Waals surface area (Å²) < 4.78 is 5.83. The first kappa shape index (κ1) is 23.1. The molecule has 0 fully saturated rings. The molecule has 6 rings (SSSR count). The summed E-state index contributed by atoms with van der Waals surface area (Å²) >= 11 is 5.94. The van der Waals surface area contributed by atoms with Crippen LogP contribution in [0.4, 0.5) is 0 Å². The van der Waals surface area contributed by atoms with Crippen molar-refractivity contribution >= 4 is 39.4 Å². The second-order valence-electron chi connectivity index (χ2n) is 9.39. The third kappa shape index (κ3) is 4.39. The summed E-state index contributed by atoms with van der Waals surface area (Å²) in [6, 6.07) is 24.1. The van der Waals surface area contributed by atoms with Crippen molar-refractivity contribution in [1.82, 2.24) is 9.97 Å². The first-order valence-electron chi connectivity index (χ1n) is 12.0. The minimum absolute atomic E-state index is 0.173. The topological polar surface area (TPSA) is 79.1 Å². The molecule has 0 amide bonds. The van der Waals surface area contributed by atoms with Gasteiger partial charge in [-0.05, 0) is 109 Å². The van der Waals surface area contributed by atoms with E-state index in [1.165, 1.54) is 11.1 Å². The molecule has 6 heteroatoms. The van der Waals surface area contributed by atoms with Gasteiger partial charge in [-0.3, -0.25) is 4.79 Å². The number of aromatic hydroxyl groups is 1. The number of ketones is 1. The number of benzene rings is 4. The quantitative estimate of drug-likeness (QED) is 0.234. The number of carbonyl (C=O) groups excluding carboxylic acids is 1. The maximum atomic E-state index is 12.8. The summed E-state index contributed by atoms with van der Waals surface area (Å²) in [6.07, 6.45) is 0.646. The number of nitrogens with one attached hydrogen (secondary N) is 1. The summed E-state index contributed by atoms with van der Waals surface area (Å²) in [4.78, 5) is 20.9. The number of hydrogen-bond acceptors (Lipinski definition) is 4. The molecule has 2 heterocycles. The minimum atomic E-state index is -0.186. The van der Waals surface area contributed by atoms with Crippen molar-refractivity contribution in [2.75, 3.05) is 0 Å². The van der Waals surface area contributed by atoms with Gasteiger partial charge in [0.25, 0.3) is 0 Å². The first-order valence-corrected chi connectivity index (χ1v) is 12.3. The molecule has 0 spiro atoms. The van der Waals surface area contributed by atoms with Crippen LogP contribution in [0.25, 0.3) is 33.4 Å². The van der Waals surface area contributed by atoms with Crippen LogP contribution in [0.3, 0.4) is 0 Å². The molecule has 0 aliphatic carbocycles. The molecule has 2 aromatic heterocycles. The van der Waals surface area contributed by atoms with Crippen molar-refractivity contribution in [1.29, 1.82) is 0 Å². The summed E-state index contributed by atoms with van der Waals surface area (Å²) in [7, 11) is 0. The Kier molecular flexibility index (Phi) is 5.58. The summed E-state index contributed by atoms with van der Waals surface area (Å²) in [6.45, 7) is 4.13. The number of carbonyl (C=O) groups is 1. The molecule has 0 radical (unpaired) electrons. The predicted octanol–water partition coefficient (Wildman–Crippen LogP) is 7.77. The zero-order chi connectivity index (χ0) is 25.7. The predicted molar refractivity (Wildman–Crippen MR) is 147 cm³/mol. The molecule has 2 N–H and O–H groups in total. The lowest BCUT2D eigenvalue weighted by molar-refractivity contribution is 0.101. The number of aromatic nitrogens is 2. The van der Waals surface area contributed by atoms with Crippen molar-refractivity contribution in [2.24, 2.45) is 0 Å². The van der Waals surface area contributed by atoms with Gasteiger partial charge in [0, 0.05) is 16.0 Å². The van der Waals surface area contributed by atoms with Gasteiger partial charge in [0.1, 0.15) is 17.2 Å². The molecule has 37 heavy (non-hydrogen) atoms. The van der Waals surface area contributed by atoms with Crippen molar-refractivity contribution in [3.63, 3.8) is 0 Å². The number of aromatic amines is 1. The number of phenols is 1. The van der Waals surface area contributed by atoms with Gasteiger partial charge in [0.2, 0.25) is 5.78 Å². The van der Waals surface area contributed by atoms with E-state index in [0.717, 1.165) is 27.5 Å². The van der Waals surface area contributed by atoms with E-state index in [-0.39, 0.29) is 17.3 Å². The minimum Gasteiger partial charge on any atom is -0.507 e. The smallest absolute Gasteiger partial charge is 0.228 e. The molecule has 0 unspecified atom stereocenters. The lowest BCUT2D eigenvalue weighted by Gasteiger charge is -2.07. The summed E-state index contributed by atoms with van der Waals surface area (Å²) in [5.41, 5.74) is 8.10. The third-order valence-corrected chi connectivity index (χ3v) is 6.98. The van der Waals surface area contributed by atoms with Crippen LogP contribution in [0.15, 0.2) is 83.3 Å². The Bertz CT molecular complexity index is 1770. The Morgan fingerprint density at radius 1 is 0.919 bits per heavy atom. The first-order chi connectivity index (χ1) is 17.8. The van der Waals surface area contributed by atoms with Crippen molar-refractivity contribution in [3.8, 4) is 17.1 Å². The van der Waals surface area contributed by atoms with Gasteiger partial charge in [-0.1, -0.05) is 23.7 Å². The number of rotatable bonds is 5. The average molecular weight is 507 g/mol. The van der Waals surface area contributed by atoms with E-state index >= 15 is 0 Å². The Balaban J connectivity index is 1.29. The molecule has 0 saturated carbocycles. The fourth-order valence-electron chi connectivity index (χ4n) is 4.57. The van der Waals surface area contributed by atoms with Crippen molar-refractivity contribution in [3.05, 3.63) is 117 Å². The van der Waals surface area contributed by atoms with Crippen LogP contribution in [0.1, 0.15) is 38.4 Å². The molecule has 0 aliphatic heterocycles. The molecular formula is C31H23ClN2O3. The highest BCUT2D eigenvalue weighted by molar-refractivity contribution is 6.30. The maximum Gasteiger partial charge on any atom is 0.228 e. The van der Waals surface area contributed by atoms with E-state index in [9.17, 15) is 9.90 Å². The molecule has 0 bridgehead atoms. The monoisotopic (exact) mass is 506 g/mol. The second-order valence-corrected chi connectivity index (χ2v) is 9.82. The highest BCUT2D eigenvalue weighted by atomic mass is 35.5. The number of aryl methyl sites for hydroxylation is 2. The molecule has 5 nitrogen and oxygen atoms in total. The number of hydrogen-bond donors (Lipinski definition) is 2. The Morgan fingerprint density at radius 2 is 1.65 bits per heavy atom. The van der Waals surface area contributed by atoms with Crippen LogP contribution in [0, 0.1) is 13.8 Å². The van der Waals surface area contributed by atoms with Gasteiger partial charge in [-0.2, -0.15) is 0 Å². The van der Waals surface area contributed by atoms with Crippen LogP contribution >= 0.6 is 11.6 Å². The molecule has 0 aliphatic rings. The fourth-order valence-corrected chi connectivity index (χ4v) is 4.70. The average Bonchev–Trinajstić information content (AvgIpc) is 3.49. The molecule has 6 aromatic rings. The van der Waals surface area contributed by atoms with Gasteiger partial charge in [0.05, 0.1) is 16.6 Å². The van der Waals surface area contributed by atoms with Crippen molar-refractivity contribution in [2.45, 2.75) is 20.3 Å². The van der Waals surface area contributed by atoms with Crippen molar-refractivity contribution < 1.29 is 14.3 Å². The maximum absolute atomic E-state index is 12.8. The SMILES string of the molecule is Cc1cc2nc(-c3cc(Cc4ccc5oc(C(=O)c6ccc(Cl)cc6)cc5c4)ccc3O)[nH]c2cc1C. The lowest BCUT2D eigenvalue weighted by Crippen LogP contribution is -1.98. The van der Waals surface area contributed by atoms with Gasteiger partial charge < -0.3 is 14.5 Å². The highest BCUT2D eigenvalue weighted by Crippen LogP contribution is 2.32. The molecule has 0 saturated heterocycles. The standard InChI is InChI=1S/C31H23ClN2O3/c1-17-11-25-26(12-18(17)2)34-31(33-25)24-15-20(3-9-27(24)35)13-19-4-10-28-22(14-19)16-29(37-28)30(36)21-5-7-23(32)8-6-21/h3-12,14-16,35H,13H2,1-2H3,(H,33,34). The number of furan rings is 1. The largest absolute Gasteiger partial charge is 0.507 e. The molecule has 0 atom stereocenters. The van der Waals surface area contributed by atoms with E-state index in [4.69, 9.17) is 21.0 Å². The zero-order valence-electron chi connectivity index (χ0n) is 20.3. The summed E-state index contributed by atoms with van der Waals surface area (Å²) in [5.74, 6) is 0.910. The van der Waals surface area contributed by atoms with E-state index in [1.807, 2.05) is 30.3 Å². The number of fused-ring (bicyclic) bond motifs is 2. The fraction of sp³-hybridized carbons (Fsp3) is 0.0968. The number of halogens is 1. The number of H-pyrrole nitrogens is 1.